The molecule has 1 saturated heterocycles. The van der Waals surface area contributed by atoms with Crippen LogP contribution in [0.3, 0.4) is 0 Å². The van der Waals surface area contributed by atoms with Crippen LogP contribution in [0, 0.1) is 5.92 Å². The van der Waals surface area contributed by atoms with Crippen LogP contribution in [0.25, 0.3) is 0 Å². The lowest BCUT2D eigenvalue weighted by molar-refractivity contribution is -0.176. The Morgan fingerprint density at radius 2 is 1.86 bits per heavy atom. The van der Waals surface area contributed by atoms with Crippen LogP contribution >= 0.6 is 0 Å². The molecule has 2 heterocycles. The van der Waals surface area contributed by atoms with E-state index in [1.54, 1.807) is 13.2 Å². The molecule has 1 aromatic carbocycles. The Labute approximate surface area is 257 Å². The fraction of sp³-hybridized carbons (Fsp3) is 0.625. The number of nitrogens with zero attached hydrogens (tertiary/aromatic N) is 1. The van der Waals surface area contributed by atoms with Crippen molar-refractivity contribution in [1.82, 2.24) is 15.5 Å². The number of piperidine rings is 1. The van der Waals surface area contributed by atoms with Crippen molar-refractivity contribution in [2.75, 3.05) is 20.7 Å². The van der Waals surface area contributed by atoms with Gasteiger partial charge in [-0.05, 0) is 70.3 Å². The molecular formula is C32H43N3O9. The van der Waals surface area contributed by atoms with Gasteiger partial charge in [0.2, 0.25) is 11.8 Å². The SMILES string of the molecule is COc1ccc2c3c1O[C@H]1C(OC(=O)C(C)OC(=O)[C@H](C)NC(=O)[C@H](CC(C)C)NC(C)=O)=CC[C@@]4(O)[C@@H](C2)N(C)CC[C@]314. The average molecular weight is 614 g/mol. The van der Waals surface area contributed by atoms with Gasteiger partial charge in [-0.2, -0.15) is 0 Å². The van der Waals surface area contributed by atoms with Gasteiger partial charge in [0.1, 0.15) is 17.8 Å². The molecule has 1 spiro atoms. The third kappa shape index (κ3) is 5.11. The van der Waals surface area contributed by atoms with E-state index in [-0.39, 0.29) is 30.0 Å². The predicted molar refractivity (Wildman–Crippen MR) is 158 cm³/mol. The van der Waals surface area contributed by atoms with E-state index < -0.39 is 53.2 Å². The molecule has 7 atom stereocenters. The highest BCUT2D eigenvalue weighted by Crippen LogP contribution is 2.65. The number of likely N-dealkylation sites (N-methyl/N-ethyl adjacent to an activating group) is 1. The van der Waals surface area contributed by atoms with Gasteiger partial charge in [-0.3, -0.25) is 9.59 Å². The first-order valence-electron chi connectivity index (χ1n) is 15.2. The van der Waals surface area contributed by atoms with Gasteiger partial charge in [-0.1, -0.05) is 19.9 Å². The molecule has 240 valence electrons. The summed E-state index contributed by atoms with van der Waals surface area (Å²) in [5.74, 6) is -1.05. The monoisotopic (exact) mass is 613 g/mol. The Hall–Kier alpha value is -3.64. The molecule has 2 bridgehead atoms. The van der Waals surface area contributed by atoms with Crippen LogP contribution < -0.4 is 20.1 Å². The molecule has 1 fully saturated rings. The summed E-state index contributed by atoms with van der Waals surface area (Å²) < 4.78 is 23.3. The smallest absolute Gasteiger partial charge is 0.352 e. The molecule has 5 rings (SSSR count). The second-order valence-electron chi connectivity index (χ2n) is 12.9. The number of nitrogens with one attached hydrogen (secondary N) is 2. The van der Waals surface area contributed by atoms with Crippen molar-refractivity contribution in [2.45, 2.75) is 102 Å². The molecular weight excluding hydrogens is 570 g/mol. The van der Waals surface area contributed by atoms with E-state index in [4.69, 9.17) is 18.9 Å². The summed E-state index contributed by atoms with van der Waals surface area (Å²) in [6, 6.07) is 1.84. The summed E-state index contributed by atoms with van der Waals surface area (Å²) in [6.07, 6.45) is 1.51. The van der Waals surface area contributed by atoms with Gasteiger partial charge < -0.3 is 39.6 Å². The number of aliphatic hydroxyl groups is 1. The van der Waals surface area contributed by atoms with E-state index in [9.17, 15) is 24.3 Å². The van der Waals surface area contributed by atoms with E-state index in [0.29, 0.717) is 30.8 Å². The predicted octanol–water partition coefficient (Wildman–Crippen LogP) is 1.50. The van der Waals surface area contributed by atoms with Crippen LogP contribution in [0.5, 0.6) is 11.5 Å². The van der Waals surface area contributed by atoms with Crippen LogP contribution in [0.4, 0.5) is 0 Å². The number of rotatable bonds is 10. The molecule has 4 aliphatic rings. The Bertz CT molecular complexity index is 1390. The molecule has 2 amide bonds. The Morgan fingerprint density at radius 1 is 1.14 bits per heavy atom. The number of hydrogen-bond acceptors (Lipinski definition) is 10. The number of methoxy groups -OCH3 is 1. The molecule has 44 heavy (non-hydrogen) atoms. The molecule has 2 aliphatic carbocycles. The maximum absolute atomic E-state index is 13.3. The highest BCUT2D eigenvalue weighted by molar-refractivity contribution is 5.90. The van der Waals surface area contributed by atoms with E-state index in [1.807, 2.05) is 33.0 Å². The van der Waals surface area contributed by atoms with Crippen molar-refractivity contribution in [2.24, 2.45) is 5.92 Å². The Kier molecular flexibility index (Phi) is 8.45. The van der Waals surface area contributed by atoms with Gasteiger partial charge in [-0.15, -0.1) is 0 Å². The molecule has 0 aromatic heterocycles. The first-order chi connectivity index (χ1) is 20.7. The lowest BCUT2D eigenvalue weighted by Gasteiger charge is -2.61. The zero-order chi connectivity index (χ0) is 32.1. The molecule has 12 heteroatoms. The van der Waals surface area contributed by atoms with Gasteiger partial charge in [0.05, 0.1) is 18.1 Å². The van der Waals surface area contributed by atoms with Gasteiger partial charge in [0, 0.05) is 24.9 Å². The largest absolute Gasteiger partial charge is 0.493 e. The Morgan fingerprint density at radius 3 is 2.52 bits per heavy atom. The van der Waals surface area contributed by atoms with Crippen LogP contribution in [0.1, 0.15) is 65.0 Å². The summed E-state index contributed by atoms with van der Waals surface area (Å²) in [4.78, 5) is 52.6. The normalized spacial score (nSPS) is 28.4. The van der Waals surface area contributed by atoms with Crippen molar-refractivity contribution < 1.29 is 43.2 Å². The van der Waals surface area contributed by atoms with Gasteiger partial charge >= 0.3 is 11.9 Å². The number of likely N-dealkylation sites (tertiary alicyclic amines) is 1. The number of carbonyl (C=O) groups excluding carboxylic acids is 4. The highest BCUT2D eigenvalue weighted by atomic mass is 16.6. The van der Waals surface area contributed by atoms with E-state index >= 15 is 0 Å². The van der Waals surface area contributed by atoms with E-state index in [1.165, 1.54) is 20.8 Å². The summed E-state index contributed by atoms with van der Waals surface area (Å²) in [5.41, 5.74) is -0.00815. The van der Waals surface area contributed by atoms with Crippen molar-refractivity contribution in [1.29, 1.82) is 0 Å². The number of ether oxygens (including phenoxy) is 4. The fourth-order valence-corrected chi connectivity index (χ4v) is 7.43. The first-order valence-corrected chi connectivity index (χ1v) is 15.2. The standard InChI is InChI=1S/C32H43N3O9/c1-16(2)14-21(34-19(5)36)28(37)33-17(3)29(38)42-18(4)30(39)43-23-10-11-32(40)24-15-20-8-9-22(41-7)26-25(20)31(32,27(23)44-26)12-13-35(24)6/h8-10,16-18,21,24,27,40H,11-15H2,1-7H3,(H,33,37)(H,34,36)/t17-,18?,21-,24+,27-,31-,32+/m0/s1. The number of esters is 2. The minimum Gasteiger partial charge on any atom is -0.493 e. The summed E-state index contributed by atoms with van der Waals surface area (Å²) in [7, 11) is 3.58. The topological polar surface area (TPSA) is 153 Å². The van der Waals surface area contributed by atoms with E-state index in [2.05, 4.69) is 15.5 Å². The average Bonchev–Trinajstić information content (AvgIpc) is 3.31. The number of hydrogen-bond donors (Lipinski definition) is 3. The Balaban J connectivity index is 1.30. The van der Waals surface area contributed by atoms with Crippen LogP contribution in [-0.4, -0.2) is 90.4 Å². The third-order valence-corrected chi connectivity index (χ3v) is 9.51. The number of carbonyl (C=O) groups is 4. The van der Waals surface area contributed by atoms with Crippen molar-refractivity contribution in [3.63, 3.8) is 0 Å². The number of benzene rings is 1. The van der Waals surface area contributed by atoms with E-state index in [0.717, 1.165) is 17.7 Å². The third-order valence-electron chi connectivity index (χ3n) is 9.51. The first kappa shape index (κ1) is 31.8. The van der Waals surface area contributed by atoms with Crippen LogP contribution in [0.15, 0.2) is 24.0 Å². The minimum absolute atomic E-state index is 0.123. The second-order valence-corrected chi connectivity index (χ2v) is 12.9. The quantitative estimate of drug-likeness (QED) is 0.331. The summed E-state index contributed by atoms with van der Waals surface area (Å²) in [6.45, 7) is 8.71. The molecule has 1 aromatic rings. The number of amides is 2. The van der Waals surface area contributed by atoms with Crippen molar-refractivity contribution >= 4 is 23.8 Å². The molecule has 3 N–H and O–H groups in total. The van der Waals surface area contributed by atoms with Crippen LogP contribution in [0.2, 0.25) is 0 Å². The molecule has 12 nitrogen and oxygen atoms in total. The van der Waals surface area contributed by atoms with Crippen molar-refractivity contribution in [3.05, 3.63) is 35.1 Å². The maximum atomic E-state index is 13.3. The minimum atomic E-state index is -1.30. The lowest BCUT2D eigenvalue weighted by Crippen LogP contribution is -2.74. The molecule has 0 saturated carbocycles. The lowest BCUT2D eigenvalue weighted by atomic mass is 9.50. The van der Waals surface area contributed by atoms with Crippen LogP contribution in [-0.2, 0) is 40.5 Å². The van der Waals surface area contributed by atoms with Gasteiger partial charge in [-0.25, -0.2) is 9.59 Å². The zero-order valence-corrected chi connectivity index (χ0v) is 26.4. The molecule has 0 radical (unpaired) electrons. The molecule has 2 aliphatic heterocycles. The highest BCUT2D eigenvalue weighted by Gasteiger charge is 2.72. The maximum Gasteiger partial charge on any atom is 0.352 e. The summed E-state index contributed by atoms with van der Waals surface area (Å²) >= 11 is 0. The van der Waals surface area contributed by atoms with Gasteiger partial charge in [0.15, 0.2) is 23.7 Å². The fourth-order valence-electron chi connectivity index (χ4n) is 7.43. The zero-order valence-electron chi connectivity index (χ0n) is 26.4. The van der Waals surface area contributed by atoms with Crippen molar-refractivity contribution in [3.8, 4) is 11.5 Å². The summed E-state index contributed by atoms with van der Waals surface area (Å²) in [5, 5.41) is 17.5. The molecule has 1 unspecified atom stereocenters. The second kappa shape index (κ2) is 11.7. The van der Waals surface area contributed by atoms with Gasteiger partial charge in [0.25, 0.3) is 0 Å².